The SMILES string of the molecule is CC1CCC2(CC1)NC(=O)N(NC(=O)c1ccc(-n3cccn3)cc1)C2=O. The Bertz CT molecular complexity index is 867. The standard InChI is InChI=1S/C19H21N5O3/c1-13-7-9-19(10-8-13)17(26)24(18(27)21-19)22-16(25)14-3-5-15(6-4-14)23-12-2-11-20-23/h2-6,11-13H,7-10H2,1H3,(H,21,27)(H,22,25). The Kier molecular flexibility index (Phi) is 4.18. The van der Waals surface area contributed by atoms with Gasteiger partial charge in [-0.2, -0.15) is 10.1 Å². The van der Waals surface area contributed by atoms with E-state index in [4.69, 9.17) is 0 Å². The first-order valence-corrected chi connectivity index (χ1v) is 9.06. The summed E-state index contributed by atoms with van der Waals surface area (Å²) in [6.07, 6.45) is 6.42. The van der Waals surface area contributed by atoms with Gasteiger partial charge in [-0.05, 0) is 61.9 Å². The van der Waals surface area contributed by atoms with Gasteiger partial charge in [-0.3, -0.25) is 15.0 Å². The third kappa shape index (κ3) is 3.07. The van der Waals surface area contributed by atoms with Crippen LogP contribution in [0.1, 0.15) is 43.0 Å². The fourth-order valence-electron chi connectivity index (χ4n) is 3.67. The van der Waals surface area contributed by atoms with Crippen LogP contribution in [0.4, 0.5) is 4.79 Å². The summed E-state index contributed by atoms with van der Waals surface area (Å²) in [7, 11) is 0. The van der Waals surface area contributed by atoms with E-state index in [1.807, 2.05) is 0 Å². The number of hydrogen-bond acceptors (Lipinski definition) is 4. The van der Waals surface area contributed by atoms with Crippen LogP contribution >= 0.6 is 0 Å². The Hall–Kier alpha value is -3.16. The molecule has 2 aromatic rings. The number of nitrogens with one attached hydrogen (secondary N) is 2. The summed E-state index contributed by atoms with van der Waals surface area (Å²) in [6.45, 7) is 2.14. The highest BCUT2D eigenvalue weighted by atomic mass is 16.2. The zero-order valence-corrected chi connectivity index (χ0v) is 15.0. The van der Waals surface area contributed by atoms with Crippen LogP contribution in [-0.2, 0) is 4.79 Å². The van der Waals surface area contributed by atoms with Crippen LogP contribution < -0.4 is 10.7 Å². The first-order valence-electron chi connectivity index (χ1n) is 9.06. The van der Waals surface area contributed by atoms with Gasteiger partial charge in [-0.25, -0.2) is 9.48 Å². The predicted octanol–water partition coefficient (Wildman–Crippen LogP) is 2.02. The fraction of sp³-hybridized carbons (Fsp3) is 0.368. The average Bonchev–Trinajstić information content (AvgIpc) is 3.28. The number of hydrogen-bond donors (Lipinski definition) is 2. The molecule has 0 unspecified atom stereocenters. The molecule has 140 valence electrons. The lowest BCUT2D eigenvalue weighted by Gasteiger charge is -2.33. The van der Waals surface area contributed by atoms with Crippen molar-refractivity contribution in [3.05, 3.63) is 48.3 Å². The highest BCUT2D eigenvalue weighted by Crippen LogP contribution is 2.35. The normalized spacial score (nSPS) is 24.9. The molecule has 1 aliphatic heterocycles. The van der Waals surface area contributed by atoms with Crippen LogP contribution in [0, 0.1) is 5.92 Å². The fourth-order valence-corrected chi connectivity index (χ4v) is 3.67. The van der Waals surface area contributed by atoms with Gasteiger partial charge in [-0.1, -0.05) is 6.92 Å². The first kappa shape index (κ1) is 17.3. The number of benzene rings is 1. The molecule has 2 fully saturated rings. The Morgan fingerprint density at radius 1 is 1.22 bits per heavy atom. The van der Waals surface area contributed by atoms with E-state index in [1.54, 1.807) is 47.4 Å². The summed E-state index contributed by atoms with van der Waals surface area (Å²) in [5.41, 5.74) is 2.73. The van der Waals surface area contributed by atoms with Crippen molar-refractivity contribution in [3.8, 4) is 5.69 Å². The van der Waals surface area contributed by atoms with Gasteiger partial charge >= 0.3 is 6.03 Å². The molecule has 0 bridgehead atoms. The van der Waals surface area contributed by atoms with Crippen LogP contribution in [0.3, 0.4) is 0 Å². The van der Waals surface area contributed by atoms with Crippen LogP contribution in [0.2, 0.25) is 0 Å². The van der Waals surface area contributed by atoms with Gasteiger partial charge in [0.15, 0.2) is 0 Å². The lowest BCUT2D eigenvalue weighted by Crippen LogP contribution is -2.51. The van der Waals surface area contributed by atoms with Crippen LogP contribution in [0.25, 0.3) is 5.69 Å². The number of urea groups is 1. The van der Waals surface area contributed by atoms with E-state index in [-0.39, 0.29) is 5.91 Å². The minimum Gasteiger partial charge on any atom is -0.322 e. The molecule has 2 N–H and O–H groups in total. The molecular formula is C19H21N5O3. The summed E-state index contributed by atoms with van der Waals surface area (Å²) in [5.74, 6) is -0.343. The number of rotatable bonds is 3. The maximum absolute atomic E-state index is 12.8. The van der Waals surface area contributed by atoms with Gasteiger partial charge in [0.2, 0.25) is 0 Å². The molecule has 1 aromatic carbocycles. The molecule has 4 amide bonds. The minimum atomic E-state index is -0.874. The molecule has 1 spiro atoms. The van der Waals surface area contributed by atoms with Crippen molar-refractivity contribution in [3.63, 3.8) is 0 Å². The van der Waals surface area contributed by atoms with Gasteiger partial charge in [0.1, 0.15) is 5.54 Å². The number of nitrogens with zero attached hydrogens (tertiary/aromatic N) is 3. The van der Waals surface area contributed by atoms with E-state index in [1.165, 1.54) is 0 Å². The smallest absolute Gasteiger partial charge is 0.322 e. The summed E-state index contributed by atoms with van der Waals surface area (Å²) < 4.78 is 1.67. The minimum absolute atomic E-state index is 0.352. The maximum atomic E-state index is 12.8. The second kappa shape index (κ2) is 6.53. The molecule has 2 heterocycles. The molecule has 0 atom stereocenters. The van der Waals surface area contributed by atoms with Crippen molar-refractivity contribution < 1.29 is 14.4 Å². The number of carbonyl (C=O) groups excluding carboxylic acids is 3. The van der Waals surface area contributed by atoms with Crippen LogP contribution in [0.5, 0.6) is 0 Å². The van der Waals surface area contributed by atoms with Gasteiger partial charge in [0.05, 0.1) is 5.69 Å². The van der Waals surface area contributed by atoms with Crippen LogP contribution in [-0.4, -0.2) is 38.2 Å². The number of hydrazine groups is 1. The second-order valence-corrected chi connectivity index (χ2v) is 7.27. The molecule has 8 nitrogen and oxygen atoms in total. The molecule has 2 aliphatic rings. The largest absolute Gasteiger partial charge is 0.344 e. The molecule has 27 heavy (non-hydrogen) atoms. The maximum Gasteiger partial charge on any atom is 0.344 e. The van der Waals surface area contributed by atoms with Crippen molar-refractivity contribution in [2.24, 2.45) is 5.92 Å². The molecule has 0 radical (unpaired) electrons. The molecule has 8 heteroatoms. The number of imide groups is 1. The van der Waals surface area contributed by atoms with E-state index < -0.39 is 17.5 Å². The summed E-state index contributed by atoms with van der Waals surface area (Å²) in [4.78, 5) is 37.6. The van der Waals surface area contributed by atoms with Crippen LogP contribution in [0.15, 0.2) is 42.7 Å². The van der Waals surface area contributed by atoms with Crippen molar-refractivity contribution in [1.82, 2.24) is 25.5 Å². The summed E-state index contributed by atoms with van der Waals surface area (Å²) >= 11 is 0. The van der Waals surface area contributed by atoms with Crippen molar-refractivity contribution in [1.29, 1.82) is 0 Å². The van der Waals surface area contributed by atoms with Crippen molar-refractivity contribution in [2.45, 2.75) is 38.1 Å². The van der Waals surface area contributed by atoms with E-state index in [9.17, 15) is 14.4 Å². The van der Waals surface area contributed by atoms with Gasteiger partial charge in [0.25, 0.3) is 11.8 Å². The second-order valence-electron chi connectivity index (χ2n) is 7.27. The van der Waals surface area contributed by atoms with E-state index >= 15 is 0 Å². The Morgan fingerprint density at radius 2 is 1.93 bits per heavy atom. The third-order valence-electron chi connectivity index (χ3n) is 5.40. The zero-order chi connectivity index (χ0) is 19.0. The Labute approximate surface area is 156 Å². The number of aromatic nitrogens is 2. The first-order chi connectivity index (χ1) is 13.0. The quantitative estimate of drug-likeness (QED) is 0.811. The molecule has 1 saturated carbocycles. The Morgan fingerprint density at radius 3 is 2.56 bits per heavy atom. The van der Waals surface area contributed by atoms with Gasteiger partial charge in [-0.15, -0.1) is 0 Å². The van der Waals surface area contributed by atoms with Gasteiger partial charge in [0, 0.05) is 18.0 Å². The zero-order valence-electron chi connectivity index (χ0n) is 15.0. The van der Waals surface area contributed by atoms with Crippen molar-refractivity contribution >= 4 is 17.8 Å². The Balaban J connectivity index is 1.46. The molecule has 4 rings (SSSR count). The van der Waals surface area contributed by atoms with E-state index in [2.05, 4.69) is 22.8 Å². The molecule has 1 saturated heterocycles. The monoisotopic (exact) mass is 367 g/mol. The topological polar surface area (TPSA) is 96.3 Å². The van der Waals surface area contributed by atoms with E-state index in [0.717, 1.165) is 23.5 Å². The lowest BCUT2D eigenvalue weighted by molar-refractivity contribution is -0.134. The predicted molar refractivity (Wildman–Crippen MR) is 96.8 cm³/mol. The summed E-state index contributed by atoms with van der Waals surface area (Å²) in [5, 5.41) is 7.73. The van der Waals surface area contributed by atoms with Crippen molar-refractivity contribution in [2.75, 3.05) is 0 Å². The highest BCUT2D eigenvalue weighted by molar-refractivity contribution is 6.09. The average molecular weight is 367 g/mol. The molecular weight excluding hydrogens is 346 g/mol. The molecule has 1 aromatic heterocycles. The highest BCUT2D eigenvalue weighted by Gasteiger charge is 2.52. The number of carbonyl (C=O) groups is 3. The third-order valence-corrected chi connectivity index (χ3v) is 5.40. The summed E-state index contributed by atoms with van der Waals surface area (Å²) in [6, 6.07) is 7.98. The molecule has 1 aliphatic carbocycles. The van der Waals surface area contributed by atoms with E-state index in [0.29, 0.717) is 24.3 Å². The van der Waals surface area contributed by atoms with Gasteiger partial charge < -0.3 is 5.32 Å². The number of amides is 4. The lowest BCUT2D eigenvalue weighted by atomic mass is 9.77.